The van der Waals surface area contributed by atoms with Gasteiger partial charge in [-0.25, -0.2) is 0 Å². The van der Waals surface area contributed by atoms with Crippen LogP contribution in [0.25, 0.3) is 22.3 Å². The molecule has 0 aromatic heterocycles. The van der Waals surface area contributed by atoms with E-state index in [1.54, 1.807) is 5.57 Å². The summed E-state index contributed by atoms with van der Waals surface area (Å²) in [6.07, 6.45) is 22.1. The van der Waals surface area contributed by atoms with E-state index in [1.165, 1.54) is 92.8 Å². The summed E-state index contributed by atoms with van der Waals surface area (Å²) in [4.78, 5) is 2.44. The van der Waals surface area contributed by atoms with Gasteiger partial charge in [-0.3, -0.25) is 0 Å². The summed E-state index contributed by atoms with van der Waals surface area (Å²) < 4.78 is 0. The monoisotopic (exact) mass is 639 g/mol. The largest absolute Gasteiger partial charge is 0.310 e. The lowest BCUT2D eigenvalue weighted by Gasteiger charge is -2.38. The molecule has 0 saturated heterocycles. The minimum atomic E-state index is 0.0258. The molecule has 8 rings (SSSR count). The van der Waals surface area contributed by atoms with Crippen molar-refractivity contribution >= 4 is 28.2 Å². The standard InChI is InChI=1S/C48H49N/c1-5-48(31-11-12-34(2)33-48)39-23-17-36(18-24-39)38-21-27-41(28-22-38)49(40-25-19-37(20-26-40)35-13-7-6-8-14-35)42-29-30-44-43-15-9-10-16-45(43)47(3,4)46(44)32-42/h7,9,13-15,17-30,32H,2,5-6,8,10-12,16,31,33H2,1,3-4H3. The molecule has 0 radical (unpaired) electrons. The summed E-state index contributed by atoms with van der Waals surface area (Å²) in [6, 6.07) is 34.9. The van der Waals surface area contributed by atoms with Crippen LogP contribution in [0.5, 0.6) is 0 Å². The van der Waals surface area contributed by atoms with Crippen LogP contribution in [0.15, 0.2) is 139 Å². The maximum atomic E-state index is 4.37. The average molecular weight is 640 g/mol. The Hall–Kier alpha value is -4.62. The molecule has 0 N–H and O–H groups in total. The summed E-state index contributed by atoms with van der Waals surface area (Å²) in [5.74, 6) is 0. The third-order valence-corrected chi connectivity index (χ3v) is 12.0. The minimum absolute atomic E-state index is 0.0258. The maximum absolute atomic E-state index is 4.37. The van der Waals surface area contributed by atoms with Gasteiger partial charge in [-0.15, -0.1) is 0 Å². The Morgan fingerprint density at radius 2 is 1.35 bits per heavy atom. The number of benzene rings is 4. The van der Waals surface area contributed by atoms with Gasteiger partial charge in [-0.2, -0.15) is 0 Å². The number of rotatable bonds is 7. The van der Waals surface area contributed by atoms with Crippen LogP contribution in [0.3, 0.4) is 0 Å². The summed E-state index contributed by atoms with van der Waals surface area (Å²) in [5, 5.41) is 0. The van der Waals surface area contributed by atoms with Crippen molar-refractivity contribution in [2.24, 2.45) is 0 Å². The van der Waals surface area contributed by atoms with Gasteiger partial charge in [0.2, 0.25) is 0 Å². The Balaban J connectivity index is 1.14. The van der Waals surface area contributed by atoms with E-state index in [0.717, 1.165) is 32.1 Å². The zero-order valence-corrected chi connectivity index (χ0v) is 29.6. The first-order valence-electron chi connectivity index (χ1n) is 18.6. The first kappa shape index (κ1) is 31.6. The molecule has 4 aromatic carbocycles. The molecule has 0 bridgehead atoms. The molecule has 1 atom stereocenters. The predicted molar refractivity (Wildman–Crippen MR) is 211 cm³/mol. The fraction of sp³-hybridized carbons (Fsp3) is 0.292. The van der Waals surface area contributed by atoms with Crippen LogP contribution >= 0.6 is 0 Å². The van der Waals surface area contributed by atoms with Crippen LogP contribution in [-0.2, 0) is 10.8 Å². The molecule has 49 heavy (non-hydrogen) atoms. The van der Waals surface area contributed by atoms with Gasteiger partial charge in [0.1, 0.15) is 0 Å². The molecule has 0 amide bonds. The highest BCUT2D eigenvalue weighted by Gasteiger charge is 2.38. The summed E-state index contributed by atoms with van der Waals surface area (Å²) in [7, 11) is 0. The second-order valence-electron chi connectivity index (χ2n) is 15.2. The second-order valence-corrected chi connectivity index (χ2v) is 15.2. The number of anilines is 3. The second kappa shape index (κ2) is 12.7. The van der Waals surface area contributed by atoms with Gasteiger partial charge >= 0.3 is 0 Å². The molecule has 246 valence electrons. The van der Waals surface area contributed by atoms with Crippen LogP contribution in [-0.4, -0.2) is 0 Å². The Morgan fingerprint density at radius 3 is 2.00 bits per heavy atom. The molecule has 0 aliphatic heterocycles. The highest BCUT2D eigenvalue weighted by molar-refractivity contribution is 5.89. The smallest absolute Gasteiger partial charge is 0.0465 e. The highest BCUT2D eigenvalue weighted by atomic mass is 15.1. The van der Waals surface area contributed by atoms with E-state index in [4.69, 9.17) is 0 Å². The van der Waals surface area contributed by atoms with Crippen molar-refractivity contribution in [3.63, 3.8) is 0 Å². The lowest BCUT2D eigenvalue weighted by molar-refractivity contribution is 0.330. The van der Waals surface area contributed by atoms with Gasteiger partial charge in [0, 0.05) is 22.5 Å². The first-order chi connectivity index (χ1) is 23.9. The van der Waals surface area contributed by atoms with E-state index in [1.807, 2.05) is 0 Å². The van der Waals surface area contributed by atoms with E-state index in [-0.39, 0.29) is 10.8 Å². The van der Waals surface area contributed by atoms with E-state index < -0.39 is 0 Å². The van der Waals surface area contributed by atoms with Crippen molar-refractivity contribution in [1.29, 1.82) is 0 Å². The number of hydrogen-bond acceptors (Lipinski definition) is 1. The van der Waals surface area contributed by atoms with Gasteiger partial charge in [0.15, 0.2) is 0 Å². The van der Waals surface area contributed by atoms with Crippen molar-refractivity contribution in [2.45, 2.75) is 89.4 Å². The van der Waals surface area contributed by atoms with E-state index >= 15 is 0 Å². The molecule has 0 heterocycles. The topological polar surface area (TPSA) is 3.24 Å². The molecule has 1 fully saturated rings. The Morgan fingerprint density at radius 1 is 0.694 bits per heavy atom. The third-order valence-electron chi connectivity index (χ3n) is 12.0. The van der Waals surface area contributed by atoms with E-state index in [0.29, 0.717) is 0 Å². The van der Waals surface area contributed by atoms with E-state index in [2.05, 4.69) is 154 Å². The van der Waals surface area contributed by atoms with Crippen molar-refractivity contribution in [2.75, 3.05) is 4.90 Å². The number of fused-ring (bicyclic) bond motifs is 2. The van der Waals surface area contributed by atoms with Gasteiger partial charge < -0.3 is 4.90 Å². The summed E-state index contributed by atoms with van der Waals surface area (Å²) in [6.45, 7) is 11.5. The predicted octanol–water partition coefficient (Wildman–Crippen LogP) is 13.7. The zero-order chi connectivity index (χ0) is 33.6. The quantitative estimate of drug-likeness (QED) is 0.182. The molecule has 1 unspecified atom stereocenters. The van der Waals surface area contributed by atoms with Crippen molar-refractivity contribution < 1.29 is 0 Å². The van der Waals surface area contributed by atoms with Gasteiger partial charge in [-0.1, -0.05) is 123 Å². The first-order valence-corrected chi connectivity index (χ1v) is 18.6. The van der Waals surface area contributed by atoms with Crippen LogP contribution in [0.2, 0.25) is 0 Å². The van der Waals surface area contributed by atoms with Gasteiger partial charge in [0.25, 0.3) is 0 Å². The third kappa shape index (κ3) is 5.68. The molecule has 4 aliphatic rings. The maximum Gasteiger partial charge on any atom is 0.0465 e. The Bertz CT molecular complexity index is 2010. The lowest BCUT2D eigenvalue weighted by Crippen LogP contribution is -2.28. The molecule has 1 saturated carbocycles. The van der Waals surface area contributed by atoms with Crippen molar-refractivity contribution in [3.05, 3.63) is 161 Å². The van der Waals surface area contributed by atoms with Crippen LogP contribution < -0.4 is 4.90 Å². The Kier molecular flexibility index (Phi) is 8.19. The normalized spacial score (nSPS) is 21.0. The van der Waals surface area contributed by atoms with Crippen molar-refractivity contribution in [3.8, 4) is 11.1 Å². The zero-order valence-electron chi connectivity index (χ0n) is 29.6. The molecular formula is C48H49N. The number of allylic oxidation sites excluding steroid dienone is 9. The fourth-order valence-corrected chi connectivity index (χ4v) is 9.13. The molecular weight excluding hydrogens is 591 g/mol. The fourth-order valence-electron chi connectivity index (χ4n) is 9.13. The molecule has 4 aliphatic carbocycles. The highest BCUT2D eigenvalue weighted by Crippen LogP contribution is 2.52. The van der Waals surface area contributed by atoms with Gasteiger partial charge in [0.05, 0.1) is 0 Å². The number of hydrogen-bond donors (Lipinski definition) is 0. The molecule has 0 spiro atoms. The average Bonchev–Trinajstić information content (AvgIpc) is 3.38. The van der Waals surface area contributed by atoms with Crippen LogP contribution in [0.4, 0.5) is 17.1 Å². The lowest BCUT2D eigenvalue weighted by atomic mass is 9.66. The summed E-state index contributed by atoms with van der Waals surface area (Å²) in [5.41, 5.74) is 17.7. The number of nitrogens with zero attached hydrogens (tertiary/aromatic N) is 1. The van der Waals surface area contributed by atoms with E-state index in [9.17, 15) is 0 Å². The van der Waals surface area contributed by atoms with Gasteiger partial charge in [-0.05, 0) is 144 Å². The van der Waals surface area contributed by atoms with Crippen LogP contribution in [0.1, 0.15) is 101 Å². The molecule has 4 aromatic rings. The minimum Gasteiger partial charge on any atom is -0.310 e. The molecule has 1 nitrogen and oxygen atoms in total. The summed E-state index contributed by atoms with van der Waals surface area (Å²) >= 11 is 0. The SMILES string of the molecule is C=C1CCCC(CC)(c2ccc(-c3ccc(N(c4ccc(C5=CCCC=C5)cc4)c4ccc5c(c4)C(C)(C)C4=C5C=CCC4)cc3)cc2)C1. The van der Waals surface area contributed by atoms with Crippen LogP contribution in [0, 0.1) is 0 Å². The molecule has 1 heteroatoms. The van der Waals surface area contributed by atoms with Crippen molar-refractivity contribution in [1.82, 2.24) is 0 Å². The Labute approximate surface area is 294 Å².